The molecule has 6 heteroatoms. The highest BCUT2D eigenvalue weighted by molar-refractivity contribution is 6.30. The van der Waals surface area contributed by atoms with Gasteiger partial charge in [0.1, 0.15) is 12.1 Å². The molecular weight excluding hydrogens is 362 g/mol. The summed E-state index contributed by atoms with van der Waals surface area (Å²) in [5.41, 5.74) is 1.83. The van der Waals surface area contributed by atoms with Gasteiger partial charge in [0, 0.05) is 11.1 Å². The molecule has 0 aliphatic carbocycles. The van der Waals surface area contributed by atoms with E-state index in [0.29, 0.717) is 16.5 Å². The van der Waals surface area contributed by atoms with Crippen LogP contribution >= 0.6 is 11.6 Å². The normalized spacial score (nSPS) is 11.9. The van der Waals surface area contributed by atoms with E-state index in [1.54, 1.807) is 30.6 Å². The largest absolute Gasteiger partial charge is 0.454 e. The van der Waals surface area contributed by atoms with Gasteiger partial charge in [0.05, 0.1) is 18.4 Å². The van der Waals surface area contributed by atoms with E-state index in [1.807, 2.05) is 43.3 Å². The first-order chi connectivity index (χ1) is 13.1. The van der Waals surface area contributed by atoms with E-state index >= 15 is 0 Å². The van der Waals surface area contributed by atoms with Crippen molar-refractivity contribution in [3.8, 4) is 11.5 Å². The van der Waals surface area contributed by atoms with E-state index in [0.717, 1.165) is 11.1 Å². The Hall–Kier alpha value is -3.18. The molecular formula is C21H18ClN3O2. The molecule has 1 aromatic heterocycles. The van der Waals surface area contributed by atoms with Gasteiger partial charge in [-0.1, -0.05) is 35.9 Å². The summed E-state index contributed by atoms with van der Waals surface area (Å²) in [5.74, 6) is 1.03. The summed E-state index contributed by atoms with van der Waals surface area (Å²) in [6, 6.07) is 14.6. The summed E-state index contributed by atoms with van der Waals surface area (Å²) in [6.07, 6.45) is 7.87. The Morgan fingerprint density at radius 2 is 1.85 bits per heavy atom. The molecule has 1 amide bonds. The van der Waals surface area contributed by atoms with Gasteiger partial charge in [-0.05, 0) is 48.4 Å². The van der Waals surface area contributed by atoms with E-state index in [1.165, 1.54) is 12.4 Å². The van der Waals surface area contributed by atoms with Gasteiger partial charge >= 0.3 is 0 Å². The van der Waals surface area contributed by atoms with Gasteiger partial charge in [0.25, 0.3) is 0 Å². The minimum atomic E-state index is -0.180. The lowest BCUT2D eigenvalue weighted by molar-refractivity contribution is -0.117. The van der Waals surface area contributed by atoms with Crippen molar-refractivity contribution in [2.75, 3.05) is 0 Å². The van der Waals surface area contributed by atoms with E-state index in [-0.39, 0.29) is 11.9 Å². The quantitative estimate of drug-likeness (QED) is 0.624. The van der Waals surface area contributed by atoms with Crippen molar-refractivity contribution in [2.24, 2.45) is 0 Å². The van der Waals surface area contributed by atoms with Crippen LogP contribution in [0.2, 0.25) is 5.02 Å². The van der Waals surface area contributed by atoms with Crippen LogP contribution in [0.3, 0.4) is 0 Å². The number of aromatic nitrogens is 2. The van der Waals surface area contributed by atoms with E-state index in [4.69, 9.17) is 16.3 Å². The second kappa shape index (κ2) is 8.96. The van der Waals surface area contributed by atoms with Crippen molar-refractivity contribution < 1.29 is 9.53 Å². The number of carbonyl (C=O) groups is 1. The van der Waals surface area contributed by atoms with Crippen molar-refractivity contribution >= 4 is 23.6 Å². The lowest BCUT2D eigenvalue weighted by atomic mass is 10.1. The SMILES string of the molecule is CC(NC(=O)/C=C/c1ccc(Cl)cc1)c1cccc(Oc2cncnc2)c1. The number of carbonyl (C=O) groups excluding carboxylic acids is 1. The number of nitrogens with zero attached hydrogens (tertiary/aromatic N) is 2. The standard InChI is InChI=1S/C21H18ClN3O2/c1-15(25-21(26)10-7-16-5-8-18(22)9-6-16)17-3-2-4-19(11-17)27-20-12-23-14-24-13-20/h2-15H,1H3,(H,25,26)/b10-7+. The van der Waals surface area contributed by atoms with Crippen molar-refractivity contribution in [1.29, 1.82) is 0 Å². The smallest absolute Gasteiger partial charge is 0.244 e. The third-order valence-electron chi connectivity index (χ3n) is 3.79. The fourth-order valence-electron chi connectivity index (χ4n) is 2.41. The zero-order valence-corrected chi connectivity index (χ0v) is 15.4. The van der Waals surface area contributed by atoms with Gasteiger partial charge in [0.2, 0.25) is 5.91 Å². The van der Waals surface area contributed by atoms with Crippen LogP contribution in [-0.4, -0.2) is 15.9 Å². The molecule has 0 saturated heterocycles. The van der Waals surface area contributed by atoms with Crippen LogP contribution in [0, 0.1) is 0 Å². The Bertz CT molecular complexity index is 928. The molecule has 1 unspecified atom stereocenters. The molecule has 3 rings (SSSR count). The van der Waals surface area contributed by atoms with Crippen molar-refractivity contribution in [3.63, 3.8) is 0 Å². The van der Waals surface area contributed by atoms with Gasteiger partial charge in [-0.2, -0.15) is 0 Å². The average molecular weight is 380 g/mol. The predicted octanol–water partition coefficient (Wildman–Crippen LogP) is 4.81. The molecule has 0 aliphatic heterocycles. The number of halogens is 1. The number of amides is 1. The fourth-order valence-corrected chi connectivity index (χ4v) is 2.54. The summed E-state index contributed by atoms with van der Waals surface area (Å²) < 4.78 is 5.73. The topological polar surface area (TPSA) is 64.1 Å². The Balaban J connectivity index is 1.61. The van der Waals surface area contributed by atoms with Crippen LogP contribution in [-0.2, 0) is 4.79 Å². The van der Waals surface area contributed by atoms with Crippen LogP contribution in [0.15, 0.2) is 73.3 Å². The molecule has 5 nitrogen and oxygen atoms in total. The maximum absolute atomic E-state index is 12.2. The predicted molar refractivity (Wildman–Crippen MR) is 106 cm³/mol. The lowest BCUT2D eigenvalue weighted by Crippen LogP contribution is -2.24. The van der Waals surface area contributed by atoms with Gasteiger partial charge in [-0.15, -0.1) is 0 Å². The highest BCUT2D eigenvalue weighted by atomic mass is 35.5. The maximum Gasteiger partial charge on any atom is 0.244 e. The first-order valence-corrected chi connectivity index (χ1v) is 8.75. The molecule has 2 aromatic carbocycles. The van der Waals surface area contributed by atoms with Crippen molar-refractivity contribution in [2.45, 2.75) is 13.0 Å². The zero-order valence-electron chi connectivity index (χ0n) is 14.7. The first-order valence-electron chi connectivity index (χ1n) is 8.37. The van der Waals surface area contributed by atoms with Crippen molar-refractivity contribution in [1.82, 2.24) is 15.3 Å². The number of hydrogen-bond donors (Lipinski definition) is 1. The molecule has 0 fully saturated rings. The number of hydrogen-bond acceptors (Lipinski definition) is 4. The summed E-state index contributed by atoms with van der Waals surface area (Å²) in [5, 5.41) is 3.60. The van der Waals surface area contributed by atoms with Gasteiger partial charge in [-0.25, -0.2) is 9.97 Å². The molecule has 1 atom stereocenters. The first kappa shape index (κ1) is 18.6. The highest BCUT2D eigenvalue weighted by Gasteiger charge is 2.09. The molecule has 1 N–H and O–H groups in total. The third kappa shape index (κ3) is 5.66. The number of ether oxygens (including phenoxy) is 1. The summed E-state index contributed by atoms with van der Waals surface area (Å²) in [6.45, 7) is 1.92. The zero-order chi connectivity index (χ0) is 19.1. The summed E-state index contributed by atoms with van der Waals surface area (Å²) in [7, 11) is 0. The van der Waals surface area contributed by atoms with Crippen LogP contribution in [0.4, 0.5) is 0 Å². The van der Waals surface area contributed by atoms with Gasteiger partial charge in [-0.3, -0.25) is 4.79 Å². The van der Waals surface area contributed by atoms with E-state index < -0.39 is 0 Å². The minimum absolute atomic E-state index is 0.178. The number of rotatable bonds is 6. The Morgan fingerprint density at radius 3 is 2.59 bits per heavy atom. The van der Waals surface area contributed by atoms with Crippen LogP contribution in [0.25, 0.3) is 6.08 Å². The monoisotopic (exact) mass is 379 g/mol. The lowest BCUT2D eigenvalue weighted by Gasteiger charge is -2.14. The number of benzene rings is 2. The molecule has 0 aliphatic rings. The van der Waals surface area contributed by atoms with Crippen molar-refractivity contribution in [3.05, 3.63) is 89.5 Å². The van der Waals surface area contributed by atoms with Crippen LogP contribution in [0.1, 0.15) is 24.1 Å². The minimum Gasteiger partial charge on any atom is -0.454 e. The second-order valence-corrected chi connectivity index (χ2v) is 6.30. The van der Waals surface area contributed by atoms with E-state index in [9.17, 15) is 4.79 Å². The molecule has 136 valence electrons. The number of nitrogens with one attached hydrogen (secondary N) is 1. The molecule has 3 aromatic rings. The Kier molecular flexibility index (Phi) is 6.18. The molecule has 0 saturated carbocycles. The third-order valence-corrected chi connectivity index (χ3v) is 4.04. The van der Waals surface area contributed by atoms with E-state index in [2.05, 4.69) is 15.3 Å². The molecule has 0 radical (unpaired) electrons. The van der Waals surface area contributed by atoms with Gasteiger partial charge in [0.15, 0.2) is 5.75 Å². The molecule has 1 heterocycles. The molecule has 27 heavy (non-hydrogen) atoms. The maximum atomic E-state index is 12.2. The second-order valence-electron chi connectivity index (χ2n) is 5.86. The fraction of sp³-hybridized carbons (Fsp3) is 0.0952. The molecule has 0 spiro atoms. The molecule has 0 bridgehead atoms. The van der Waals surface area contributed by atoms with Crippen LogP contribution < -0.4 is 10.1 Å². The van der Waals surface area contributed by atoms with Crippen LogP contribution in [0.5, 0.6) is 11.5 Å². The average Bonchev–Trinajstić information content (AvgIpc) is 2.68. The summed E-state index contributed by atoms with van der Waals surface area (Å²) in [4.78, 5) is 20.0. The Labute approximate surface area is 162 Å². The van der Waals surface area contributed by atoms with Gasteiger partial charge < -0.3 is 10.1 Å². The highest BCUT2D eigenvalue weighted by Crippen LogP contribution is 2.23. The summed E-state index contributed by atoms with van der Waals surface area (Å²) >= 11 is 5.85. The Morgan fingerprint density at radius 1 is 1.11 bits per heavy atom.